The first-order valence-corrected chi connectivity index (χ1v) is 39.0. The lowest BCUT2D eigenvalue weighted by molar-refractivity contribution is -0.137. The Bertz CT molecular complexity index is 4320. The minimum Gasteiger partial charge on any atom is -0.493 e. The van der Waals surface area contributed by atoms with Crippen LogP contribution >= 0.6 is 0 Å². The van der Waals surface area contributed by atoms with E-state index in [2.05, 4.69) is 0 Å². The van der Waals surface area contributed by atoms with Gasteiger partial charge in [-0.2, -0.15) is 0 Å². The van der Waals surface area contributed by atoms with E-state index in [1.807, 2.05) is 97.1 Å². The maximum absolute atomic E-state index is 13.0. The number of para-hydroxylation sites is 2. The number of esters is 2. The molecule has 630 valence electrons. The van der Waals surface area contributed by atoms with Gasteiger partial charge < -0.3 is 89.0 Å². The van der Waals surface area contributed by atoms with Gasteiger partial charge in [0, 0.05) is 11.1 Å². The summed E-state index contributed by atoms with van der Waals surface area (Å²) in [5, 5.41) is 110. The number of rotatable bonds is 29. The summed E-state index contributed by atoms with van der Waals surface area (Å²) in [4.78, 5) is 26.0. The molecule has 0 aliphatic rings. The van der Waals surface area contributed by atoms with Crippen molar-refractivity contribution < 1.29 is 98.5 Å². The van der Waals surface area contributed by atoms with E-state index in [0.29, 0.717) is 102 Å². The van der Waals surface area contributed by atoms with Crippen LogP contribution in [0.1, 0.15) is 197 Å². The van der Waals surface area contributed by atoms with Gasteiger partial charge in [-0.15, -0.1) is 0 Å². The van der Waals surface area contributed by atoms with Crippen LogP contribution in [-0.4, -0.2) is 114 Å². The zero-order valence-corrected chi connectivity index (χ0v) is 71.9. The molecule has 0 saturated heterocycles. The van der Waals surface area contributed by atoms with Gasteiger partial charge in [-0.25, -0.2) is 9.59 Å². The molecule has 117 heavy (non-hydrogen) atoms. The molecule has 0 aromatic heterocycles. The van der Waals surface area contributed by atoms with Crippen LogP contribution in [0.25, 0.3) is 32.7 Å². The molecule has 0 saturated carbocycles. The van der Waals surface area contributed by atoms with Crippen molar-refractivity contribution in [2.24, 2.45) is 5.41 Å². The minimum atomic E-state index is -1.30. The van der Waals surface area contributed by atoms with Gasteiger partial charge in [-0.1, -0.05) is 97.1 Å². The molecule has 0 spiro atoms. The van der Waals surface area contributed by atoms with Crippen LogP contribution < -0.4 is 37.9 Å². The topological polar surface area (TPSA) is 310 Å². The van der Waals surface area contributed by atoms with Gasteiger partial charge >= 0.3 is 11.9 Å². The maximum atomic E-state index is 13.0. The van der Waals surface area contributed by atoms with E-state index in [1.165, 1.54) is 0 Å². The van der Waals surface area contributed by atoms with Crippen LogP contribution in [0.4, 0.5) is 0 Å². The van der Waals surface area contributed by atoms with Gasteiger partial charge in [-0.3, -0.25) is 0 Å². The first kappa shape index (κ1) is 94.2. The Kier molecular flexibility index (Phi) is 30.4. The fraction of sp³-hybridized carbons (Fsp3) is 0.402. The lowest BCUT2D eigenvalue weighted by Gasteiger charge is -2.34. The number of hydrogen-bond acceptors (Lipinski definition) is 20. The highest BCUT2D eigenvalue weighted by atomic mass is 16.6. The van der Waals surface area contributed by atoms with Crippen LogP contribution in [0.15, 0.2) is 206 Å². The average Bonchev–Trinajstić information content (AvgIpc) is 0.687. The molecule has 0 unspecified atom stereocenters. The minimum absolute atomic E-state index is 0.162. The van der Waals surface area contributed by atoms with Crippen molar-refractivity contribution in [2.45, 2.75) is 208 Å². The van der Waals surface area contributed by atoms with Gasteiger partial charge in [0.2, 0.25) is 0 Å². The largest absolute Gasteiger partial charge is 0.493 e. The molecule has 10 N–H and O–H groups in total. The van der Waals surface area contributed by atoms with Crippen LogP contribution in [0, 0.1) is 5.41 Å². The Balaban J connectivity index is 0.000000308. The summed E-state index contributed by atoms with van der Waals surface area (Å²) in [6, 6.07) is 61.4. The lowest BCUT2D eigenvalue weighted by Crippen LogP contribution is -2.45. The Morgan fingerprint density at radius 2 is 0.453 bits per heavy atom. The predicted octanol–water partition coefficient (Wildman–Crippen LogP) is 17.3. The second-order valence-corrected chi connectivity index (χ2v) is 35.9. The number of hydrogen-bond donors (Lipinski definition) is 10. The van der Waals surface area contributed by atoms with Gasteiger partial charge in [0.1, 0.15) is 77.8 Å². The number of aliphatic hydroxyl groups is 10. The third-order valence-electron chi connectivity index (χ3n) is 18.1. The Labute approximate surface area is 689 Å². The highest BCUT2D eigenvalue weighted by molar-refractivity contribution is 6.10. The van der Waals surface area contributed by atoms with E-state index >= 15 is 0 Å². The average molecular weight is 1610 g/mol. The van der Waals surface area contributed by atoms with Crippen molar-refractivity contribution in [3.05, 3.63) is 251 Å². The summed E-state index contributed by atoms with van der Waals surface area (Å²) in [6.07, 6.45) is 0. The summed E-state index contributed by atoms with van der Waals surface area (Å²) in [7, 11) is 0. The number of ether oxygens (including phenoxy) is 8. The summed E-state index contributed by atoms with van der Waals surface area (Å²) >= 11 is 0. The summed E-state index contributed by atoms with van der Waals surface area (Å²) in [5.41, 5.74) is -7.49. The van der Waals surface area contributed by atoms with Crippen LogP contribution in [0.2, 0.25) is 0 Å². The third-order valence-corrected chi connectivity index (χ3v) is 18.1. The van der Waals surface area contributed by atoms with Crippen molar-refractivity contribution in [2.75, 3.05) is 39.6 Å². The molecule has 0 amide bonds. The first-order chi connectivity index (χ1) is 53.8. The molecule has 0 radical (unpaired) electrons. The van der Waals surface area contributed by atoms with Crippen LogP contribution in [0.3, 0.4) is 0 Å². The van der Waals surface area contributed by atoms with E-state index in [9.17, 15) is 50.4 Å². The zero-order chi connectivity index (χ0) is 87.3. The number of carbonyl (C=O) groups excluding carboxylic acids is 2. The van der Waals surface area contributed by atoms with Gasteiger partial charge in [-0.05, 0) is 328 Å². The van der Waals surface area contributed by atoms with E-state index in [1.54, 1.807) is 262 Å². The molecule has 0 aliphatic carbocycles. The van der Waals surface area contributed by atoms with Crippen molar-refractivity contribution in [3.63, 3.8) is 0 Å². The number of carbonyl (C=O) groups is 2. The highest BCUT2D eigenvalue weighted by Gasteiger charge is 2.39. The monoisotopic (exact) mass is 1610 g/mol. The molecule has 0 bridgehead atoms. The van der Waals surface area contributed by atoms with Gasteiger partial charge in [0.05, 0.1) is 56.0 Å². The second kappa shape index (κ2) is 37.8. The van der Waals surface area contributed by atoms with Gasteiger partial charge in [0.25, 0.3) is 0 Å². The quantitative estimate of drug-likeness (QED) is 0.0154. The lowest BCUT2D eigenvalue weighted by atomic mass is 9.89. The number of fused-ring (bicyclic) bond motifs is 2. The van der Waals surface area contributed by atoms with Crippen molar-refractivity contribution in [1.29, 1.82) is 0 Å². The normalized spacial score (nSPS) is 12.5. The highest BCUT2D eigenvalue weighted by Crippen LogP contribution is 2.47. The zero-order valence-electron chi connectivity index (χ0n) is 71.9. The van der Waals surface area contributed by atoms with Crippen LogP contribution in [0.5, 0.6) is 46.0 Å². The Morgan fingerprint density at radius 3 is 0.667 bits per heavy atom. The van der Waals surface area contributed by atoms with E-state index in [-0.39, 0.29) is 39.6 Å². The molecule has 0 fully saturated rings. The van der Waals surface area contributed by atoms with Gasteiger partial charge in [0.15, 0.2) is 13.2 Å². The van der Waals surface area contributed by atoms with E-state index < -0.39 is 73.4 Å². The second-order valence-electron chi connectivity index (χ2n) is 35.9. The fourth-order valence-corrected chi connectivity index (χ4v) is 11.6. The molecule has 10 rings (SSSR count). The van der Waals surface area contributed by atoms with Crippen molar-refractivity contribution in [3.8, 4) is 57.1 Å². The Morgan fingerprint density at radius 1 is 0.248 bits per heavy atom. The molecular weight excluding hydrogens is 1490 g/mol. The molecule has 20 nitrogen and oxygen atoms in total. The molecule has 0 heterocycles. The van der Waals surface area contributed by atoms with Crippen LogP contribution in [-0.2, 0) is 54.4 Å². The predicted molar refractivity (Wildman–Crippen MR) is 458 cm³/mol. The molecular formula is C97H122O20. The smallest absolute Gasteiger partial charge is 0.349 e. The molecule has 0 atom stereocenters. The molecule has 0 aliphatic heterocycles. The van der Waals surface area contributed by atoms with E-state index in [4.69, 9.17) is 48.1 Å². The maximum Gasteiger partial charge on any atom is 0.349 e. The first-order valence-electron chi connectivity index (χ1n) is 39.0. The van der Waals surface area contributed by atoms with Crippen molar-refractivity contribution >= 4 is 33.5 Å². The van der Waals surface area contributed by atoms with Crippen molar-refractivity contribution in [1.82, 2.24) is 0 Å². The summed E-state index contributed by atoms with van der Waals surface area (Å²) in [6.45, 7) is 35.4. The number of benzene rings is 10. The standard InChI is InChI=1S/C53H76O12.C36H26O6.2C4H10O/c1-45(2,54)33-17-34(46(3,4)55)22-41(21-33)62-29-53(30-63-42-23-35(47(5,6)56)18-36(24-42)48(7,8)57,31-64-43-25-37(49(9,10)58)19-38(26-43)50(11,12)59)32-65-44-27-39(51(13,14)60)20-40(28-44)52(15,16)61;37-33(23-39-27-13-3-1-4-14-27)41-31-21-19-25-11-7-9-17-29(25)35(31)36-30-18-10-8-12-26(30)20-22-32(36)42-34(38)24-40-28-15-5-2-6-16-28;2*1-4(2,3)5/h17-28,54-61H,29-32H2,1-16H3;1-22H,23-24H2;2*5H,1-3H3. The summed E-state index contributed by atoms with van der Waals surface area (Å²) in [5.74, 6) is 1.93. The van der Waals surface area contributed by atoms with E-state index in [0.717, 1.165) is 21.5 Å². The molecule has 10 aromatic carbocycles. The third kappa shape index (κ3) is 29.9. The summed E-state index contributed by atoms with van der Waals surface area (Å²) < 4.78 is 49.8. The SMILES string of the molecule is CC(C)(C)O.CC(C)(C)O.CC(C)(O)c1cc(OCC(COc2cc(C(C)(C)O)cc(C(C)(C)O)c2)(COc2cc(C(C)(C)O)cc(C(C)(C)O)c2)COc2cc(C(C)(C)O)cc(C(C)(C)O)c2)cc(C(C)(C)O)c1.O=C(COc1ccccc1)Oc1ccc2ccccc2c1-c1c(OC(=O)COc2ccccc2)ccc2ccccc12. The Hall–Kier alpha value is -9.94. The molecule has 20 heteroatoms. The fourth-order valence-electron chi connectivity index (χ4n) is 11.6. The molecule has 10 aromatic rings.